The van der Waals surface area contributed by atoms with E-state index in [4.69, 9.17) is 27.4 Å². The number of ether oxygens (including phenoxy) is 2. The van der Waals surface area contributed by atoms with E-state index >= 15 is 0 Å². The highest BCUT2D eigenvalue weighted by Gasteiger charge is 2.17. The molecule has 10 heteroatoms. The molecule has 0 saturated carbocycles. The van der Waals surface area contributed by atoms with Crippen LogP contribution in [0.1, 0.15) is 24.8 Å². The van der Waals surface area contributed by atoms with Gasteiger partial charge in [-0.15, -0.1) is 4.98 Å². The molecule has 142 valence electrons. The maximum absolute atomic E-state index is 5.82. The van der Waals surface area contributed by atoms with Crippen molar-refractivity contribution in [1.29, 1.82) is 0 Å². The number of hydrogen-bond acceptors (Lipinski definition) is 8. The number of anilines is 1. The zero-order valence-electron chi connectivity index (χ0n) is 15.0. The summed E-state index contributed by atoms with van der Waals surface area (Å²) in [6.07, 6.45) is 5.04. The molecule has 1 aromatic heterocycles. The molecular formula is C17H21N7O2S. The van der Waals surface area contributed by atoms with Crippen molar-refractivity contribution in [3.05, 3.63) is 29.8 Å². The van der Waals surface area contributed by atoms with Crippen LogP contribution >= 0.6 is 12.2 Å². The Kier molecular flexibility index (Phi) is 6.31. The summed E-state index contributed by atoms with van der Waals surface area (Å²) >= 11 is 4.70. The summed E-state index contributed by atoms with van der Waals surface area (Å²) in [5, 5.41) is 4.03. The van der Waals surface area contributed by atoms with Gasteiger partial charge in [-0.3, -0.25) is 5.43 Å². The highest BCUT2D eigenvalue weighted by molar-refractivity contribution is 7.80. The molecule has 0 unspecified atom stereocenters. The number of methoxy groups -OCH3 is 1. The van der Waals surface area contributed by atoms with Crippen LogP contribution in [0, 0.1) is 0 Å². The van der Waals surface area contributed by atoms with E-state index in [0.717, 1.165) is 31.5 Å². The number of rotatable bonds is 6. The smallest absolute Gasteiger partial charge is 0.330 e. The van der Waals surface area contributed by atoms with Gasteiger partial charge in [0, 0.05) is 13.1 Å². The lowest BCUT2D eigenvalue weighted by Crippen LogP contribution is -2.31. The van der Waals surface area contributed by atoms with Crippen LogP contribution in [0.25, 0.3) is 0 Å². The minimum absolute atomic E-state index is 0.0983. The summed E-state index contributed by atoms with van der Waals surface area (Å²) in [4.78, 5) is 15.1. The first kappa shape index (κ1) is 18.8. The first-order valence-corrected chi connectivity index (χ1v) is 8.96. The molecule has 9 nitrogen and oxygen atoms in total. The lowest BCUT2D eigenvalue weighted by Gasteiger charge is -2.26. The topological polar surface area (TPSA) is 111 Å². The van der Waals surface area contributed by atoms with Crippen molar-refractivity contribution >= 4 is 29.5 Å². The number of benzene rings is 1. The molecule has 1 aliphatic heterocycles. The molecule has 1 aromatic carbocycles. The van der Waals surface area contributed by atoms with Gasteiger partial charge in [-0.25, -0.2) is 0 Å². The van der Waals surface area contributed by atoms with Crippen molar-refractivity contribution in [1.82, 2.24) is 20.4 Å². The molecule has 27 heavy (non-hydrogen) atoms. The van der Waals surface area contributed by atoms with E-state index in [1.165, 1.54) is 13.5 Å². The monoisotopic (exact) mass is 387 g/mol. The summed E-state index contributed by atoms with van der Waals surface area (Å²) in [7, 11) is 1.52. The van der Waals surface area contributed by atoms with Gasteiger partial charge in [0.15, 0.2) is 5.11 Å². The Bertz CT molecular complexity index is 825. The fourth-order valence-corrected chi connectivity index (χ4v) is 2.69. The Labute approximate surface area is 162 Å². The summed E-state index contributed by atoms with van der Waals surface area (Å²) in [6, 6.07) is 7.69. The zero-order valence-corrected chi connectivity index (χ0v) is 15.8. The fourth-order valence-electron chi connectivity index (χ4n) is 2.63. The van der Waals surface area contributed by atoms with Gasteiger partial charge in [0.1, 0.15) is 5.75 Å². The van der Waals surface area contributed by atoms with Crippen molar-refractivity contribution in [2.75, 3.05) is 25.1 Å². The number of piperidine rings is 1. The van der Waals surface area contributed by atoms with Crippen molar-refractivity contribution in [2.24, 2.45) is 10.8 Å². The summed E-state index contributed by atoms with van der Waals surface area (Å²) in [5.74, 6) is 1.13. The highest BCUT2D eigenvalue weighted by Crippen LogP contribution is 2.24. The van der Waals surface area contributed by atoms with Crippen molar-refractivity contribution in [2.45, 2.75) is 19.3 Å². The minimum atomic E-state index is 0.0983. The van der Waals surface area contributed by atoms with Crippen LogP contribution in [-0.4, -0.2) is 46.5 Å². The van der Waals surface area contributed by atoms with Crippen LogP contribution in [0.4, 0.5) is 5.95 Å². The van der Waals surface area contributed by atoms with Gasteiger partial charge in [-0.2, -0.15) is 15.1 Å². The minimum Gasteiger partial charge on any atom is -0.467 e. The second-order valence-electron chi connectivity index (χ2n) is 5.86. The molecule has 0 amide bonds. The number of hydrogen-bond donors (Lipinski definition) is 2. The Morgan fingerprint density at radius 3 is 2.74 bits per heavy atom. The third-order valence-electron chi connectivity index (χ3n) is 3.86. The maximum atomic E-state index is 5.82. The largest absolute Gasteiger partial charge is 0.467 e. The van der Waals surface area contributed by atoms with Gasteiger partial charge >= 0.3 is 12.0 Å². The van der Waals surface area contributed by atoms with E-state index in [2.05, 4.69) is 30.4 Å². The first-order valence-electron chi connectivity index (χ1n) is 8.55. The molecule has 0 radical (unpaired) electrons. The molecule has 0 aliphatic carbocycles. The predicted octanol–water partition coefficient (Wildman–Crippen LogP) is 1.83. The SMILES string of the molecule is COc1nc(Oc2cccc(/C=N/NC(N)=S)c2)nc(N2CCCCC2)n1. The molecule has 0 atom stereocenters. The van der Waals surface area contributed by atoms with Crippen LogP contribution in [0.2, 0.25) is 0 Å². The normalized spacial score (nSPS) is 14.2. The van der Waals surface area contributed by atoms with Gasteiger partial charge in [0.25, 0.3) is 0 Å². The number of nitrogens with one attached hydrogen (secondary N) is 1. The number of nitrogens with two attached hydrogens (primary N) is 1. The quantitative estimate of drug-likeness (QED) is 0.435. The number of hydrazone groups is 1. The van der Waals surface area contributed by atoms with Crippen LogP contribution in [0.3, 0.4) is 0 Å². The van der Waals surface area contributed by atoms with E-state index in [9.17, 15) is 0 Å². The fraction of sp³-hybridized carbons (Fsp3) is 0.353. The number of nitrogens with zero attached hydrogens (tertiary/aromatic N) is 5. The van der Waals surface area contributed by atoms with Crippen molar-refractivity contribution < 1.29 is 9.47 Å². The summed E-state index contributed by atoms with van der Waals surface area (Å²) in [6.45, 7) is 1.82. The van der Waals surface area contributed by atoms with E-state index in [0.29, 0.717) is 11.7 Å². The maximum Gasteiger partial charge on any atom is 0.330 e. The van der Waals surface area contributed by atoms with Crippen molar-refractivity contribution in [3.8, 4) is 17.8 Å². The molecule has 1 aliphatic rings. The molecule has 3 rings (SSSR count). The average Bonchev–Trinajstić information content (AvgIpc) is 2.68. The van der Waals surface area contributed by atoms with Gasteiger partial charge in [-0.1, -0.05) is 12.1 Å². The molecular weight excluding hydrogens is 366 g/mol. The Morgan fingerprint density at radius 2 is 2.00 bits per heavy atom. The molecule has 0 bridgehead atoms. The molecule has 1 fully saturated rings. The summed E-state index contributed by atoms with van der Waals surface area (Å²) in [5.41, 5.74) is 8.64. The van der Waals surface area contributed by atoms with Crippen LogP contribution in [0.5, 0.6) is 17.8 Å². The van der Waals surface area contributed by atoms with Crippen LogP contribution < -0.4 is 25.5 Å². The standard InChI is InChI=1S/C17H21N7O2S/c1-25-16-20-15(24-8-3-2-4-9-24)21-17(22-16)26-13-7-5-6-12(10-13)11-19-23-14(18)27/h5-7,10-11H,2-4,8-9H2,1H3,(H3,18,23,27)/b19-11+. The Morgan fingerprint density at radius 1 is 1.22 bits per heavy atom. The lowest BCUT2D eigenvalue weighted by atomic mass is 10.1. The third-order valence-corrected chi connectivity index (χ3v) is 3.95. The number of thiocarbonyl (C=S) groups is 1. The lowest BCUT2D eigenvalue weighted by molar-refractivity contribution is 0.358. The zero-order chi connectivity index (χ0) is 19.1. The van der Waals surface area contributed by atoms with Gasteiger partial charge in [0.05, 0.1) is 13.3 Å². The van der Waals surface area contributed by atoms with E-state index in [1.807, 2.05) is 12.1 Å². The highest BCUT2D eigenvalue weighted by atomic mass is 32.1. The molecule has 0 spiro atoms. The second-order valence-corrected chi connectivity index (χ2v) is 6.30. The number of aromatic nitrogens is 3. The molecule has 3 N–H and O–H groups in total. The van der Waals surface area contributed by atoms with E-state index in [-0.39, 0.29) is 17.1 Å². The molecule has 1 saturated heterocycles. The average molecular weight is 387 g/mol. The Hall–Kier alpha value is -3.01. The Balaban J connectivity index is 1.78. The van der Waals surface area contributed by atoms with E-state index < -0.39 is 0 Å². The second kappa shape index (κ2) is 9.08. The third kappa shape index (κ3) is 5.48. The van der Waals surface area contributed by atoms with E-state index in [1.54, 1.807) is 18.3 Å². The van der Waals surface area contributed by atoms with Crippen LogP contribution in [-0.2, 0) is 0 Å². The van der Waals surface area contributed by atoms with Crippen LogP contribution in [0.15, 0.2) is 29.4 Å². The van der Waals surface area contributed by atoms with Gasteiger partial charge in [0.2, 0.25) is 5.95 Å². The summed E-state index contributed by atoms with van der Waals surface area (Å²) < 4.78 is 11.0. The van der Waals surface area contributed by atoms with Gasteiger partial charge in [-0.05, 0) is 49.2 Å². The first-order chi connectivity index (χ1) is 13.1. The molecule has 2 aromatic rings. The molecule has 2 heterocycles. The van der Waals surface area contributed by atoms with Gasteiger partial charge < -0.3 is 20.1 Å². The predicted molar refractivity (Wildman–Crippen MR) is 106 cm³/mol. The van der Waals surface area contributed by atoms with Crippen molar-refractivity contribution in [3.63, 3.8) is 0 Å².